The van der Waals surface area contributed by atoms with Gasteiger partial charge in [-0.2, -0.15) is 25.7 Å². The summed E-state index contributed by atoms with van der Waals surface area (Å²) in [6.45, 7) is 23.4. The predicted octanol–water partition coefficient (Wildman–Crippen LogP) is 9.83. The fourth-order valence-electron chi connectivity index (χ4n) is 1.000. The van der Waals surface area contributed by atoms with Gasteiger partial charge in [0.1, 0.15) is 0 Å². The van der Waals surface area contributed by atoms with Gasteiger partial charge in [-0.15, -0.1) is 0 Å². The smallest absolute Gasteiger partial charge is 0.358 e. The Kier molecular flexibility index (Phi) is 303. The molecule has 0 aliphatic carbocycles. The van der Waals surface area contributed by atoms with Crippen molar-refractivity contribution in [1.82, 2.24) is 0 Å². The summed E-state index contributed by atoms with van der Waals surface area (Å²) in [6.07, 6.45) is 14.6. The number of rotatable bonds is 8. The number of unbranched alkanes of at least 4 members (excludes halogenated alkanes) is 8. The fraction of sp³-hybridized carbons (Fsp3) is 0.667. The molecule has 0 saturated heterocycles. The topological polar surface area (TPSA) is 0 Å². The molecule has 0 rings (SSSR count). The van der Waals surface area contributed by atoms with Gasteiger partial charge in [-0.1, -0.05) is 79.1 Å². The van der Waals surface area contributed by atoms with E-state index in [0.717, 1.165) is 25.7 Å². The zero-order valence-corrected chi connectivity index (χ0v) is 31.3. The van der Waals surface area contributed by atoms with Gasteiger partial charge in [0.15, 0.2) is 0 Å². The van der Waals surface area contributed by atoms with Gasteiger partial charge in [-0.3, -0.25) is 0 Å². The largest absolute Gasteiger partial charge is 4.00 e. The van der Waals surface area contributed by atoms with Gasteiger partial charge in [0, 0.05) is 65.4 Å². The first-order chi connectivity index (χ1) is 9.66. The minimum atomic E-state index is 0. The zero-order valence-electron chi connectivity index (χ0n) is 21.1. The summed E-state index contributed by atoms with van der Waals surface area (Å²) in [5, 5.41) is 0. The molecule has 0 N–H and O–H groups in total. The summed E-state index contributed by atoms with van der Waals surface area (Å²) in [4.78, 5) is 0. The van der Waals surface area contributed by atoms with Gasteiger partial charge >= 0.3 is 42.1 Å². The van der Waals surface area contributed by atoms with Crippen LogP contribution in [0.25, 0.3) is 0 Å². The van der Waals surface area contributed by atoms with Crippen LogP contribution in [0.2, 0.25) is 0 Å². The van der Waals surface area contributed by atoms with Gasteiger partial charge in [0.05, 0.1) is 0 Å². The van der Waals surface area contributed by atoms with E-state index in [0.29, 0.717) is 0 Å². The van der Waals surface area contributed by atoms with Crippen LogP contribution in [0.15, 0.2) is 0 Å². The summed E-state index contributed by atoms with van der Waals surface area (Å²) in [5.74, 6) is 0. The summed E-state index contributed by atoms with van der Waals surface area (Å²) in [6, 6.07) is 0. The van der Waals surface area contributed by atoms with Crippen LogP contribution < -0.4 is 0 Å². The van der Waals surface area contributed by atoms with Crippen LogP contribution in [0, 0.1) is 57.4 Å². The average molecular weight is 913 g/mol. The van der Waals surface area contributed by atoms with Crippen LogP contribution in [0.3, 0.4) is 0 Å². The van der Waals surface area contributed by atoms with Gasteiger partial charge < -0.3 is 57.4 Å². The second-order valence-corrected chi connectivity index (χ2v) is 4.83. The molecule has 0 aliphatic heterocycles. The first kappa shape index (κ1) is 77.0. The Labute approximate surface area is 266 Å². The van der Waals surface area contributed by atoms with Crippen molar-refractivity contribution in [2.45, 2.75) is 105 Å². The van der Waals surface area contributed by atoms with Crippen molar-refractivity contribution >= 4 is 0 Å². The number of hydrogen-bond acceptors (Lipinski definition) is 0. The molecule has 28 heavy (non-hydrogen) atoms. The molecular formula is C24H56Pt2Y2. The molecule has 0 atom stereocenters. The van der Waals surface area contributed by atoms with E-state index in [2.05, 4.69) is 55.4 Å². The van der Waals surface area contributed by atoms with Crippen LogP contribution in [0.5, 0.6) is 0 Å². The molecular weight excluding hydrogens is 856 g/mol. The molecule has 0 aliphatic rings. The third-order valence-electron chi connectivity index (χ3n) is 2.41. The summed E-state index contributed by atoms with van der Waals surface area (Å²) >= 11 is 0. The Bertz CT molecular complexity index is 74.6. The van der Waals surface area contributed by atoms with Crippen LogP contribution >= 0.6 is 0 Å². The molecule has 2 radical (unpaired) electrons. The van der Waals surface area contributed by atoms with Crippen molar-refractivity contribution < 1.29 is 108 Å². The van der Waals surface area contributed by atoms with Crippen LogP contribution in [0.4, 0.5) is 0 Å². The molecule has 0 aromatic rings. The van der Waals surface area contributed by atoms with E-state index >= 15 is 0 Å². The molecule has 0 aromatic carbocycles. The third kappa shape index (κ3) is 180. The van der Waals surface area contributed by atoms with Gasteiger partial charge in [0.2, 0.25) is 0 Å². The molecule has 0 heterocycles. The minimum Gasteiger partial charge on any atom is -0.358 e. The average Bonchev–Trinajstić information content (AvgIpc) is 2.44. The van der Waals surface area contributed by atoms with Crippen molar-refractivity contribution in [3.63, 3.8) is 0 Å². The molecule has 0 amide bonds. The third-order valence-corrected chi connectivity index (χ3v) is 2.41. The molecule has 4 heteroatoms. The van der Waals surface area contributed by atoms with Gasteiger partial charge in [-0.25, -0.2) is 0 Å². The monoisotopic (exact) mass is 912 g/mol. The van der Waals surface area contributed by atoms with Gasteiger partial charge in [0.25, 0.3) is 0 Å². The quantitative estimate of drug-likeness (QED) is 0.213. The van der Waals surface area contributed by atoms with Crippen LogP contribution in [-0.2, 0) is 108 Å². The maximum absolute atomic E-state index is 3.68. The molecule has 0 bridgehead atoms. The Morgan fingerprint density at radius 1 is 0.393 bits per heavy atom. The van der Waals surface area contributed by atoms with Crippen molar-refractivity contribution in [2.75, 3.05) is 0 Å². The van der Waals surface area contributed by atoms with E-state index in [1.807, 2.05) is 0 Å². The Morgan fingerprint density at radius 3 is 0.500 bits per heavy atom. The molecule has 0 fully saturated rings. The van der Waals surface area contributed by atoms with E-state index < -0.39 is 0 Å². The van der Waals surface area contributed by atoms with E-state index in [1.165, 1.54) is 51.4 Å². The zero-order chi connectivity index (χ0) is 16.5. The Hall–Kier alpha value is 3.58. The van der Waals surface area contributed by atoms with Crippen molar-refractivity contribution in [3.8, 4) is 0 Å². The molecule has 0 aromatic heterocycles. The number of hydrogen-bond donors (Lipinski definition) is 0. The Morgan fingerprint density at radius 2 is 0.500 bits per heavy atom. The van der Waals surface area contributed by atoms with E-state index in [9.17, 15) is 0 Å². The van der Waals surface area contributed by atoms with E-state index in [1.54, 1.807) is 0 Å². The molecule has 0 spiro atoms. The maximum Gasteiger partial charge on any atom is 4.00 e. The van der Waals surface area contributed by atoms with Crippen molar-refractivity contribution in [1.29, 1.82) is 0 Å². The van der Waals surface area contributed by atoms with Gasteiger partial charge in [-0.05, 0) is 0 Å². The summed E-state index contributed by atoms with van der Waals surface area (Å²) in [7, 11) is 0. The maximum atomic E-state index is 3.68. The summed E-state index contributed by atoms with van der Waals surface area (Å²) in [5.41, 5.74) is 0. The first-order valence-electron chi connectivity index (χ1n) is 8.83. The first-order valence-corrected chi connectivity index (χ1v) is 8.83. The molecule has 0 unspecified atom stereocenters. The van der Waals surface area contributed by atoms with E-state index in [-0.39, 0.29) is 137 Å². The van der Waals surface area contributed by atoms with Crippen LogP contribution in [-0.4, -0.2) is 0 Å². The van der Waals surface area contributed by atoms with Crippen molar-refractivity contribution in [2.24, 2.45) is 0 Å². The molecule has 178 valence electrons. The SMILES string of the molecule is [CH2-]CCCC.[CH2-]CCCC.[CH2-]CCCC.[CH2-]CCCC.[CH3-].[CH3-].[CH3-].[CH3-].[Pt+4].[Pt+4].[Y].[Y]. The second-order valence-electron chi connectivity index (χ2n) is 4.83. The van der Waals surface area contributed by atoms with E-state index in [4.69, 9.17) is 0 Å². The molecule has 0 nitrogen and oxygen atoms in total. The molecule has 0 saturated carbocycles. The normalized spacial score (nSPS) is 6.00. The Balaban J connectivity index is -0.0000000111. The minimum absolute atomic E-state index is 0. The second kappa shape index (κ2) is 110. The fourth-order valence-corrected chi connectivity index (χ4v) is 1.000. The van der Waals surface area contributed by atoms with Crippen molar-refractivity contribution in [3.05, 3.63) is 57.4 Å². The standard InChI is InChI=1S/4C5H11.4CH3.2Pt.2Y/c4*1-3-5-4-2;;;;;;;;/h4*1,3-5H2,2H3;4*1H3;;;;/q8*-1;2*+4;;. The predicted molar refractivity (Wildman–Crippen MR) is 125 cm³/mol. The van der Waals surface area contributed by atoms with Crippen LogP contribution in [0.1, 0.15) is 105 Å². The summed E-state index contributed by atoms with van der Waals surface area (Å²) < 4.78 is 0.